The summed E-state index contributed by atoms with van der Waals surface area (Å²) in [6, 6.07) is 8.62. The smallest absolute Gasteiger partial charge is 0.0921 e. The van der Waals surface area contributed by atoms with Crippen molar-refractivity contribution in [3.8, 4) is 0 Å². The fourth-order valence-corrected chi connectivity index (χ4v) is 3.09. The zero-order chi connectivity index (χ0) is 12.1. The number of alkyl halides is 1. The van der Waals surface area contributed by atoms with Crippen molar-refractivity contribution in [3.05, 3.63) is 35.4 Å². The van der Waals surface area contributed by atoms with Gasteiger partial charge in [0, 0.05) is 5.33 Å². The lowest BCUT2D eigenvalue weighted by Crippen LogP contribution is -2.12. The van der Waals surface area contributed by atoms with E-state index in [1.807, 2.05) is 0 Å². The van der Waals surface area contributed by atoms with Gasteiger partial charge in [0.05, 0.1) is 12.7 Å². The number of rotatable bonds is 5. The Bertz CT molecular complexity index is 345. The van der Waals surface area contributed by atoms with Crippen molar-refractivity contribution >= 4 is 15.9 Å². The minimum Gasteiger partial charge on any atom is -0.372 e. The van der Waals surface area contributed by atoms with Crippen LogP contribution >= 0.6 is 15.9 Å². The van der Waals surface area contributed by atoms with Crippen LogP contribution < -0.4 is 0 Å². The van der Waals surface area contributed by atoms with E-state index in [4.69, 9.17) is 4.74 Å². The number of aryl methyl sites for hydroxylation is 1. The average molecular weight is 297 g/mol. The first-order valence-corrected chi connectivity index (χ1v) is 7.66. The van der Waals surface area contributed by atoms with E-state index in [0.717, 1.165) is 17.9 Å². The molecule has 1 atom stereocenters. The van der Waals surface area contributed by atoms with Crippen LogP contribution in [0.4, 0.5) is 0 Å². The predicted molar refractivity (Wildman–Crippen MR) is 75.6 cm³/mol. The second kappa shape index (κ2) is 6.55. The van der Waals surface area contributed by atoms with Crippen LogP contribution in [0.2, 0.25) is 0 Å². The van der Waals surface area contributed by atoms with Gasteiger partial charge in [-0.1, -0.05) is 58.6 Å². The fourth-order valence-electron chi connectivity index (χ4n) is 2.53. The molecule has 0 bridgehead atoms. The summed E-state index contributed by atoms with van der Waals surface area (Å²) in [5.41, 5.74) is 2.60. The van der Waals surface area contributed by atoms with Crippen LogP contribution in [0.5, 0.6) is 0 Å². The van der Waals surface area contributed by atoms with E-state index < -0.39 is 0 Å². The summed E-state index contributed by atoms with van der Waals surface area (Å²) in [7, 11) is 0. The van der Waals surface area contributed by atoms with Gasteiger partial charge in [0.15, 0.2) is 0 Å². The molecule has 1 unspecified atom stereocenters. The van der Waals surface area contributed by atoms with Gasteiger partial charge < -0.3 is 4.74 Å². The largest absolute Gasteiger partial charge is 0.372 e. The highest BCUT2D eigenvalue weighted by Gasteiger charge is 2.18. The topological polar surface area (TPSA) is 9.23 Å². The van der Waals surface area contributed by atoms with Crippen LogP contribution in [0.15, 0.2) is 24.3 Å². The summed E-state index contributed by atoms with van der Waals surface area (Å²) in [5, 5.41) is 0.878. The van der Waals surface area contributed by atoms with E-state index in [1.54, 1.807) is 0 Å². The number of hydrogen-bond donors (Lipinski definition) is 0. The lowest BCUT2D eigenvalue weighted by atomic mass is 10.1. The molecule has 0 heterocycles. The fraction of sp³-hybridized carbons (Fsp3) is 0.600. The Kier molecular flexibility index (Phi) is 5.05. The molecule has 0 radical (unpaired) electrons. The van der Waals surface area contributed by atoms with E-state index in [0.29, 0.717) is 0 Å². The lowest BCUT2D eigenvalue weighted by molar-refractivity contribution is 0.0444. The van der Waals surface area contributed by atoms with Gasteiger partial charge in [-0.3, -0.25) is 0 Å². The molecule has 1 aromatic rings. The van der Waals surface area contributed by atoms with Crippen molar-refractivity contribution in [2.75, 3.05) is 11.9 Å². The molecule has 2 rings (SSSR count). The molecule has 0 amide bonds. The van der Waals surface area contributed by atoms with Gasteiger partial charge in [-0.25, -0.2) is 0 Å². The Hall–Kier alpha value is -0.340. The highest BCUT2D eigenvalue weighted by atomic mass is 79.9. The standard InChI is InChI=1S/C15H21BrO/c1-12-5-4-8-14(9-12)15(10-16)17-11-13-6-2-3-7-13/h4-5,8-9,13,15H,2-3,6-7,10-11H2,1H3. The van der Waals surface area contributed by atoms with Crippen molar-refractivity contribution in [1.29, 1.82) is 0 Å². The third kappa shape index (κ3) is 3.82. The van der Waals surface area contributed by atoms with Gasteiger partial charge in [0.25, 0.3) is 0 Å². The van der Waals surface area contributed by atoms with Crippen molar-refractivity contribution in [1.82, 2.24) is 0 Å². The quantitative estimate of drug-likeness (QED) is 0.720. The van der Waals surface area contributed by atoms with Crippen LogP contribution in [-0.4, -0.2) is 11.9 Å². The van der Waals surface area contributed by atoms with Gasteiger partial charge in [-0.05, 0) is 31.2 Å². The Balaban J connectivity index is 1.91. The highest BCUT2D eigenvalue weighted by molar-refractivity contribution is 9.09. The van der Waals surface area contributed by atoms with Crippen LogP contribution in [0.25, 0.3) is 0 Å². The Morgan fingerprint density at radius 2 is 2.12 bits per heavy atom. The summed E-state index contributed by atoms with van der Waals surface area (Å²) >= 11 is 3.56. The first kappa shape index (κ1) is 13.1. The normalized spacial score (nSPS) is 18.5. The maximum atomic E-state index is 6.07. The molecule has 1 aliphatic carbocycles. The number of hydrogen-bond acceptors (Lipinski definition) is 1. The van der Waals surface area contributed by atoms with E-state index in [9.17, 15) is 0 Å². The Labute approximate surface area is 113 Å². The molecule has 0 spiro atoms. The van der Waals surface area contributed by atoms with Crippen molar-refractivity contribution in [3.63, 3.8) is 0 Å². The Morgan fingerprint density at radius 3 is 2.76 bits per heavy atom. The zero-order valence-corrected chi connectivity index (χ0v) is 12.1. The summed E-state index contributed by atoms with van der Waals surface area (Å²) in [5.74, 6) is 0.793. The summed E-state index contributed by atoms with van der Waals surface area (Å²) in [6.07, 6.45) is 5.68. The zero-order valence-electron chi connectivity index (χ0n) is 10.5. The van der Waals surface area contributed by atoms with Crippen LogP contribution in [0.3, 0.4) is 0 Å². The number of ether oxygens (including phenoxy) is 1. The molecule has 0 aromatic heterocycles. The predicted octanol–water partition coefficient (Wildman–Crippen LogP) is 4.64. The SMILES string of the molecule is Cc1cccc(C(CBr)OCC2CCCC2)c1. The van der Waals surface area contributed by atoms with Gasteiger partial charge in [-0.15, -0.1) is 0 Å². The molecule has 0 N–H and O–H groups in total. The molecule has 1 fully saturated rings. The van der Waals surface area contributed by atoms with E-state index in [1.165, 1.54) is 36.8 Å². The number of halogens is 1. The van der Waals surface area contributed by atoms with Crippen LogP contribution in [0, 0.1) is 12.8 Å². The second-order valence-electron chi connectivity index (χ2n) is 5.04. The third-order valence-corrected chi connectivity index (χ3v) is 4.15. The molecule has 0 aliphatic heterocycles. The minimum atomic E-state index is 0.204. The summed E-state index contributed by atoms with van der Waals surface area (Å²) < 4.78 is 6.07. The maximum Gasteiger partial charge on any atom is 0.0921 e. The van der Waals surface area contributed by atoms with Crippen molar-refractivity contribution in [2.24, 2.45) is 5.92 Å². The van der Waals surface area contributed by atoms with Crippen molar-refractivity contribution in [2.45, 2.75) is 38.7 Å². The van der Waals surface area contributed by atoms with E-state index in [-0.39, 0.29) is 6.10 Å². The minimum absolute atomic E-state index is 0.204. The molecule has 94 valence electrons. The molecule has 1 aliphatic rings. The maximum absolute atomic E-state index is 6.07. The van der Waals surface area contributed by atoms with E-state index in [2.05, 4.69) is 47.1 Å². The number of benzene rings is 1. The molecule has 1 saturated carbocycles. The molecular formula is C15H21BrO. The first-order chi connectivity index (χ1) is 8.29. The molecule has 17 heavy (non-hydrogen) atoms. The van der Waals surface area contributed by atoms with Crippen LogP contribution in [0.1, 0.15) is 42.9 Å². The monoisotopic (exact) mass is 296 g/mol. The van der Waals surface area contributed by atoms with Gasteiger partial charge in [0.1, 0.15) is 0 Å². The van der Waals surface area contributed by atoms with Crippen molar-refractivity contribution < 1.29 is 4.74 Å². The highest BCUT2D eigenvalue weighted by Crippen LogP contribution is 2.28. The third-order valence-electron chi connectivity index (χ3n) is 3.56. The molecule has 0 saturated heterocycles. The molecule has 1 aromatic carbocycles. The average Bonchev–Trinajstić information content (AvgIpc) is 2.83. The lowest BCUT2D eigenvalue weighted by Gasteiger charge is -2.19. The Morgan fingerprint density at radius 1 is 1.35 bits per heavy atom. The van der Waals surface area contributed by atoms with Crippen LogP contribution in [-0.2, 0) is 4.74 Å². The second-order valence-corrected chi connectivity index (χ2v) is 5.69. The molecule has 1 nitrogen and oxygen atoms in total. The van der Waals surface area contributed by atoms with E-state index >= 15 is 0 Å². The molecular weight excluding hydrogens is 276 g/mol. The van der Waals surface area contributed by atoms with Gasteiger partial charge in [-0.2, -0.15) is 0 Å². The summed E-state index contributed by atoms with van der Waals surface area (Å²) in [4.78, 5) is 0. The first-order valence-electron chi connectivity index (χ1n) is 6.53. The van der Waals surface area contributed by atoms with Gasteiger partial charge >= 0.3 is 0 Å². The summed E-state index contributed by atoms with van der Waals surface area (Å²) in [6.45, 7) is 3.05. The van der Waals surface area contributed by atoms with Gasteiger partial charge in [0.2, 0.25) is 0 Å². The molecule has 2 heteroatoms.